The minimum Gasteiger partial charge on any atom is -0.462 e. The first kappa shape index (κ1) is 21.4. The first-order chi connectivity index (χ1) is 12.1. The molecule has 1 saturated heterocycles. The molecule has 3 aromatic rings. The van der Waals surface area contributed by atoms with Crippen molar-refractivity contribution in [1.29, 1.82) is 0 Å². The summed E-state index contributed by atoms with van der Waals surface area (Å²) in [7, 11) is 1.95. The number of nitrogens with zero attached hydrogens (tertiary/aromatic N) is 4. The molecule has 0 bridgehead atoms. The molecular formula is C17H21Cl2N5O2S. The lowest BCUT2D eigenvalue weighted by atomic mass is 10.1. The number of halogens is 2. The molecule has 0 saturated carbocycles. The maximum Gasteiger partial charge on any atom is 0.274 e. The monoisotopic (exact) mass is 429 g/mol. The number of aromatic nitrogens is 3. The Hall–Kier alpha value is -1.87. The summed E-state index contributed by atoms with van der Waals surface area (Å²) in [6.07, 6.45) is 5.27. The Kier molecular flexibility index (Phi) is 7.05. The third-order valence-electron chi connectivity index (χ3n) is 4.39. The molecule has 1 unspecified atom stereocenters. The average Bonchev–Trinajstić information content (AvgIpc) is 3.35. The van der Waals surface area contributed by atoms with Gasteiger partial charge in [-0.25, -0.2) is 9.97 Å². The third-order valence-corrected chi connectivity index (χ3v) is 5.38. The lowest BCUT2D eigenvalue weighted by molar-refractivity contribution is 0.0615. The fourth-order valence-corrected chi connectivity index (χ4v) is 3.99. The number of nitrogens with one attached hydrogen (secondary N) is 1. The Morgan fingerprint density at radius 2 is 2.22 bits per heavy atom. The van der Waals surface area contributed by atoms with Crippen LogP contribution < -0.4 is 5.32 Å². The molecule has 10 heteroatoms. The Balaban J connectivity index is 0.00000131. The normalized spacial score (nSPS) is 16.5. The Morgan fingerprint density at radius 3 is 2.89 bits per heavy atom. The molecule has 0 radical (unpaired) electrons. The molecule has 1 amide bonds. The highest BCUT2D eigenvalue weighted by Crippen LogP contribution is 2.30. The number of furan rings is 1. The Morgan fingerprint density at radius 1 is 1.41 bits per heavy atom. The molecule has 1 fully saturated rings. The van der Waals surface area contributed by atoms with E-state index in [1.807, 2.05) is 41.8 Å². The second-order valence-corrected chi connectivity index (χ2v) is 7.22. The van der Waals surface area contributed by atoms with E-state index in [9.17, 15) is 4.79 Å². The minimum absolute atomic E-state index is 0. The summed E-state index contributed by atoms with van der Waals surface area (Å²) in [6.45, 7) is 4.00. The summed E-state index contributed by atoms with van der Waals surface area (Å²) in [4.78, 5) is 24.9. The topological polar surface area (TPSA) is 76.2 Å². The van der Waals surface area contributed by atoms with Crippen LogP contribution in [0, 0.1) is 6.92 Å². The number of amides is 1. The summed E-state index contributed by atoms with van der Waals surface area (Å²) < 4.78 is 7.37. The first-order valence-corrected chi connectivity index (χ1v) is 8.97. The summed E-state index contributed by atoms with van der Waals surface area (Å²) in [5.74, 6) is 1.51. The maximum absolute atomic E-state index is 13.2. The van der Waals surface area contributed by atoms with Gasteiger partial charge < -0.3 is 19.2 Å². The van der Waals surface area contributed by atoms with Crippen molar-refractivity contribution in [3.05, 3.63) is 47.2 Å². The molecule has 27 heavy (non-hydrogen) atoms. The average molecular weight is 430 g/mol. The van der Waals surface area contributed by atoms with Gasteiger partial charge in [0.1, 0.15) is 17.6 Å². The minimum atomic E-state index is -0.102. The van der Waals surface area contributed by atoms with Crippen LogP contribution in [-0.4, -0.2) is 45.0 Å². The van der Waals surface area contributed by atoms with Crippen LogP contribution in [-0.2, 0) is 7.05 Å². The van der Waals surface area contributed by atoms with Crippen molar-refractivity contribution >= 4 is 42.1 Å². The molecule has 0 aliphatic carbocycles. The molecule has 3 aromatic heterocycles. The number of rotatable bonds is 3. The van der Waals surface area contributed by atoms with Gasteiger partial charge in [-0.15, -0.1) is 36.2 Å². The fraction of sp³-hybridized carbons (Fsp3) is 0.353. The molecule has 4 heterocycles. The zero-order valence-corrected chi connectivity index (χ0v) is 17.4. The number of carbonyl (C=O) groups excluding carboxylic acids is 1. The van der Waals surface area contributed by atoms with Crippen molar-refractivity contribution in [2.24, 2.45) is 7.05 Å². The standard InChI is InChI=1S/C17H19N5O2S.2ClH/c1-11-14(20-16(25-11)13-4-3-9-24-13)17(23)22-8-5-18-10-12(22)15-19-6-7-21(15)2;;/h3-4,6-7,9,12,18H,5,8,10H2,1-2H3;2*1H. The highest BCUT2D eigenvalue weighted by atomic mass is 35.5. The van der Waals surface area contributed by atoms with Gasteiger partial charge in [-0.05, 0) is 19.1 Å². The van der Waals surface area contributed by atoms with Crippen LogP contribution in [0.25, 0.3) is 10.8 Å². The number of hydrogen-bond donors (Lipinski definition) is 1. The van der Waals surface area contributed by atoms with Crippen molar-refractivity contribution < 1.29 is 9.21 Å². The molecule has 146 valence electrons. The molecule has 0 aromatic carbocycles. The van der Waals surface area contributed by atoms with Crippen LogP contribution >= 0.6 is 36.2 Å². The van der Waals surface area contributed by atoms with Gasteiger partial charge in [-0.3, -0.25) is 4.79 Å². The number of thiazole rings is 1. The third kappa shape index (κ3) is 4.03. The van der Waals surface area contributed by atoms with Crippen LogP contribution in [0.4, 0.5) is 0 Å². The maximum atomic E-state index is 13.2. The van der Waals surface area contributed by atoms with E-state index in [2.05, 4.69) is 15.3 Å². The van der Waals surface area contributed by atoms with E-state index in [1.165, 1.54) is 11.3 Å². The second kappa shape index (κ2) is 8.88. The largest absolute Gasteiger partial charge is 0.462 e. The predicted molar refractivity (Wildman–Crippen MR) is 109 cm³/mol. The van der Waals surface area contributed by atoms with Crippen molar-refractivity contribution in [1.82, 2.24) is 24.8 Å². The molecular weight excluding hydrogens is 409 g/mol. The molecule has 7 nitrogen and oxygen atoms in total. The Labute approximate surface area is 173 Å². The molecule has 1 aliphatic heterocycles. The van der Waals surface area contributed by atoms with E-state index in [0.29, 0.717) is 24.5 Å². The van der Waals surface area contributed by atoms with Gasteiger partial charge in [0.2, 0.25) is 0 Å². The van der Waals surface area contributed by atoms with Gasteiger partial charge in [0.05, 0.1) is 6.26 Å². The van der Waals surface area contributed by atoms with Crippen molar-refractivity contribution in [3.8, 4) is 10.8 Å². The zero-order valence-electron chi connectivity index (χ0n) is 14.9. The smallest absolute Gasteiger partial charge is 0.274 e. The second-order valence-electron chi connectivity index (χ2n) is 6.02. The van der Waals surface area contributed by atoms with Gasteiger partial charge >= 0.3 is 0 Å². The van der Waals surface area contributed by atoms with Gasteiger partial charge in [0, 0.05) is 44.0 Å². The van der Waals surface area contributed by atoms with Crippen molar-refractivity contribution in [2.75, 3.05) is 19.6 Å². The van der Waals surface area contributed by atoms with Crippen molar-refractivity contribution in [3.63, 3.8) is 0 Å². The number of hydrogen-bond acceptors (Lipinski definition) is 6. The van der Waals surface area contributed by atoms with Gasteiger partial charge in [-0.1, -0.05) is 0 Å². The number of carbonyl (C=O) groups is 1. The summed E-state index contributed by atoms with van der Waals surface area (Å²) in [5.41, 5.74) is 0.498. The van der Waals surface area contributed by atoms with Gasteiger partial charge in [0.15, 0.2) is 10.8 Å². The first-order valence-electron chi connectivity index (χ1n) is 8.15. The van der Waals surface area contributed by atoms with E-state index < -0.39 is 0 Å². The Bertz CT molecular complexity index is 893. The lowest BCUT2D eigenvalue weighted by Gasteiger charge is -2.35. The van der Waals surface area contributed by atoms with E-state index in [0.717, 1.165) is 22.3 Å². The summed E-state index contributed by atoms with van der Waals surface area (Å²) in [5, 5.41) is 4.08. The van der Waals surface area contributed by atoms with Gasteiger partial charge in [-0.2, -0.15) is 0 Å². The number of imidazole rings is 1. The van der Waals surface area contributed by atoms with E-state index in [1.54, 1.807) is 12.5 Å². The van der Waals surface area contributed by atoms with E-state index >= 15 is 0 Å². The van der Waals surface area contributed by atoms with Crippen molar-refractivity contribution in [2.45, 2.75) is 13.0 Å². The van der Waals surface area contributed by atoms with Crippen LogP contribution in [0.2, 0.25) is 0 Å². The highest BCUT2D eigenvalue weighted by Gasteiger charge is 2.33. The van der Waals surface area contributed by atoms with Crippen LogP contribution in [0.5, 0.6) is 0 Å². The molecule has 0 spiro atoms. The fourth-order valence-electron chi connectivity index (χ4n) is 3.11. The van der Waals surface area contributed by atoms with Crippen LogP contribution in [0.3, 0.4) is 0 Å². The van der Waals surface area contributed by atoms with Gasteiger partial charge in [0.25, 0.3) is 5.91 Å². The number of aryl methyl sites for hydroxylation is 2. The highest BCUT2D eigenvalue weighted by molar-refractivity contribution is 7.15. The van der Waals surface area contributed by atoms with E-state index in [-0.39, 0.29) is 36.8 Å². The predicted octanol–water partition coefficient (Wildman–Crippen LogP) is 3.08. The van der Waals surface area contributed by atoms with E-state index in [4.69, 9.17) is 4.42 Å². The zero-order chi connectivity index (χ0) is 17.4. The quantitative estimate of drug-likeness (QED) is 0.691. The molecule has 1 aliphatic rings. The summed E-state index contributed by atoms with van der Waals surface area (Å²) >= 11 is 1.48. The lowest BCUT2D eigenvalue weighted by Crippen LogP contribution is -2.49. The van der Waals surface area contributed by atoms with Crippen LogP contribution in [0.15, 0.2) is 35.2 Å². The molecule has 1 atom stereocenters. The molecule has 1 N–H and O–H groups in total. The molecule has 4 rings (SSSR count). The SMILES string of the molecule is Cc1sc(-c2ccco2)nc1C(=O)N1CCNCC1c1nccn1C.Cl.Cl. The van der Waals surface area contributed by atoms with Crippen LogP contribution in [0.1, 0.15) is 27.2 Å². The number of piperazine rings is 1. The summed E-state index contributed by atoms with van der Waals surface area (Å²) in [6, 6.07) is 3.57.